The molecule has 0 spiro atoms. The molecular formula is C21H20N2O4S. The number of carbonyl (C=O) groups excluding carboxylic acids is 2. The second-order valence-corrected chi connectivity index (χ2v) is 7.63. The second-order valence-electron chi connectivity index (χ2n) is 6.58. The van der Waals surface area contributed by atoms with E-state index in [1.807, 2.05) is 31.2 Å². The lowest BCUT2D eigenvalue weighted by atomic mass is 10.0. The number of hydrogen-bond donors (Lipinski definition) is 1. The molecule has 1 aliphatic heterocycles. The van der Waals surface area contributed by atoms with Gasteiger partial charge in [-0.3, -0.25) is 9.59 Å². The van der Waals surface area contributed by atoms with Gasteiger partial charge in [0.05, 0.1) is 28.9 Å². The fourth-order valence-corrected chi connectivity index (χ4v) is 4.46. The molecule has 1 N–H and O–H groups in total. The lowest BCUT2D eigenvalue weighted by Crippen LogP contribution is -2.35. The molecule has 2 aromatic heterocycles. The number of fused-ring (bicyclic) bond motifs is 1. The molecule has 0 radical (unpaired) electrons. The van der Waals surface area contributed by atoms with Gasteiger partial charge in [0, 0.05) is 6.54 Å². The van der Waals surface area contributed by atoms with E-state index in [1.165, 1.54) is 17.6 Å². The number of amides is 2. The van der Waals surface area contributed by atoms with E-state index < -0.39 is 0 Å². The standard InChI is InChI=1S/C21H20N2O4S/c1-13-12-17(22-20(24)16-9-5-11-27-16)28-19(13)21(25)23-10-4-7-14-6-3-8-15(26-2)18(14)23/h3,5-6,8-9,11-12H,4,7,10H2,1-2H3,(H,22,24). The molecular weight excluding hydrogens is 376 g/mol. The van der Waals surface area contributed by atoms with Gasteiger partial charge in [-0.1, -0.05) is 12.1 Å². The highest BCUT2D eigenvalue weighted by Crippen LogP contribution is 2.38. The Balaban J connectivity index is 1.62. The van der Waals surface area contributed by atoms with Crippen LogP contribution in [-0.4, -0.2) is 25.5 Å². The van der Waals surface area contributed by atoms with Crippen molar-refractivity contribution in [3.05, 3.63) is 64.4 Å². The van der Waals surface area contributed by atoms with Crippen LogP contribution in [0.2, 0.25) is 0 Å². The Bertz CT molecular complexity index is 1010. The van der Waals surface area contributed by atoms with Crippen LogP contribution >= 0.6 is 11.3 Å². The van der Waals surface area contributed by atoms with Crippen LogP contribution in [0.3, 0.4) is 0 Å². The zero-order valence-corrected chi connectivity index (χ0v) is 16.5. The molecule has 7 heteroatoms. The fourth-order valence-electron chi connectivity index (χ4n) is 3.44. The van der Waals surface area contributed by atoms with Crippen molar-refractivity contribution in [2.75, 3.05) is 23.9 Å². The van der Waals surface area contributed by atoms with E-state index in [4.69, 9.17) is 9.15 Å². The fraction of sp³-hybridized carbons (Fsp3) is 0.238. The maximum Gasteiger partial charge on any atom is 0.291 e. The minimum absolute atomic E-state index is 0.0774. The van der Waals surface area contributed by atoms with Gasteiger partial charge in [-0.25, -0.2) is 0 Å². The highest BCUT2D eigenvalue weighted by Gasteiger charge is 2.29. The first-order chi connectivity index (χ1) is 13.6. The molecule has 0 aliphatic carbocycles. The molecule has 144 valence electrons. The van der Waals surface area contributed by atoms with Crippen molar-refractivity contribution in [3.8, 4) is 5.75 Å². The predicted octanol–water partition coefficient (Wildman–Crippen LogP) is 4.50. The Morgan fingerprint density at radius 2 is 2.11 bits per heavy atom. The second kappa shape index (κ2) is 7.52. The van der Waals surface area contributed by atoms with Crippen molar-refractivity contribution in [1.29, 1.82) is 0 Å². The molecule has 1 aromatic carbocycles. The quantitative estimate of drug-likeness (QED) is 0.705. The lowest BCUT2D eigenvalue weighted by molar-refractivity contribution is 0.0983. The number of para-hydroxylation sites is 1. The number of hydrogen-bond acceptors (Lipinski definition) is 5. The Labute approximate surface area is 166 Å². The van der Waals surface area contributed by atoms with Crippen molar-refractivity contribution in [2.24, 2.45) is 0 Å². The topological polar surface area (TPSA) is 71.8 Å². The third-order valence-electron chi connectivity index (χ3n) is 4.74. The normalized spacial score (nSPS) is 13.1. The summed E-state index contributed by atoms with van der Waals surface area (Å²) in [5, 5.41) is 3.41. The van der Waals surface area contributed by atoms with Crippen LogP contribution in [0.15, 0.2) is 47.1 Å². The molecule has 0 atom stereocenters. The minimum Gasteiger partial charge on any atom is -0.495 e. The highest BCUT2D eigenvalue weighted by atomic mass is 32.1. The first-order valence-electron chi connectivity index (χ1n) is 9.01. The van der Waals surface area contributed by atoms with Crippen molar-refractivity contribution in [3.63, 3.8) is 0 Å². The summed E-state index contributed by atoms with van der Waals surface area (Å²) in [6.45, 7) is 2.51. The number of aryl methyl sites for hydroxylation is 2. The zero-order valence-electron chi connectivity index (χ0n) is 15.7. The maximum absolute atomic E-state index is 13.3. The summed E-state index contributed by atoms with van der Waals surface area (Å²) in [7, 11) is 1.62. The molecule has 1 aliphatic rings. The number of carbonyl (C=O) groups is 2. The largest absolute Gasteiger partial charge is 0.495 e. The number of rotatable bonds is 4. The van der Waals surface area contributed by atoms with Crippen molar-refractivity contribution >= 4 is 33.8 Å². The Kier molecular flexibility index (Phi) is 4.92. The van der Waals surface area contributed by atoms with Crippen LogP contribution in [-0.2, 0) is 6.42 Å². The molecule has 6 nitrogen and oxygen atoms in total. The molecule has 0 saturated heterocycles. The summed E-state index contributed by atoms with van der Waals surface area (Å²) < 4.78 is 10.6. The predicted molar refractivity (Wildman–Crippen MR) is 109 cm³/mol. The molecule has 3 aromatic rings. The van der Waals surface area contributed by atoms with E-state index >= 15 is 0 Å². The van der Waals surface area contributed by atoms with Gasteiger partial charge >= 0.3 is 0 Å². The number of ether oxygens (including phenoxy) is 1. The summed E-state index contributed by atoms with van der Waals surface area (Å²) in [5.41, 5.74) is 2.78. The van der Waals surface area contributed by atoms with Gasteiger partial charge in [-0.15, -0.1) is 11.3 Å². The summed E-state index contributed by atoms with van der Waals surface area (Å²) in [6.07, 6.45) is 3.27. The van der Waals surface area contributed by atoms with Gasteiger partial charge in [0.2, 0.25) is 0 Å². The Morgan fingerprint density at radius 3 is 2.86 bits per heavy atom. The molecule has 0 bridgehead atoms. The molecule has 28 heavy (non-hydrogen) atoms. The molecule has 0 fully saturated rings. The van der Waals surface area contributed by atoms with Crippen molar-refractivity contribution in [2.45, 2.75) is 19.8 Å². The molecule has 4 rings (SSSR count). The lowest BCUT2D eigenvalue weighted by Gasteiger charge is -2.30. The first-order valence-corrected chi connectivity index (χ1v) is 9.83. The van der Waals surface area contributed by atoms with Gasteiger partial charge in [-0.2, -0.15) is 0 Å². The summed E-state index contributed by atoms with van der Waals surface area (Å²) in [4.78, 5) is 27.9. The number of nitrogens with zero attached hydrogens (tertiary/aromatic N) is 1. The van der Waals surface area contributed by atoms with Crippen molar-refractivity contribution in [1.82, 2.24) is 0 Å². The maximum atomic E-state index is 13.3. The van der Waals surface area contributed by atoms with Gasteiger partial charge in [-0.05, 0) is 55.2 Å². The number of nitrogens with one attached hydrogen (secondary N) is 1. The van der Waals surface area contributed by atoms with Crippen LogP contribution in [0.5, 0.6) is 5.75 Å². The average Bonchev–Trinajstić information content (AvgIpc) is 3.36. The van der Waals surface area contributed by atoms with E-state index in [-0.39, 0.29) is 17.6 Å². The molecule has 3 heterocycles. The highest BCUT2D eigenvalue weighted by molar-refractivity contribution is 7.18. The number of furan rings is 1. The number of anilines is 2. The minimum atomic E-state index is -0.338. The summed E-state index contributed by atoms with van der Waals surface area (Å²) in [5.74, 6) is 0.515. The van der Waals surface area contributed by atoms with E-state index in [9.17, 15) is 9.59 Å². The average molecular weight is 396 g/mol. The van der Waals surface area contributed by atoms with Gasteiger partial charge < -0.3 is 19.4 Å². The number of thiophene rings is 1. The number of benzene rings is 1. The molecule has 0 saturated carbocycles. The van der Waals surface area contributed by atoms with Gasteiger partial charge in [0.15, 0.2) is 5.76 Å². The van der Waals surface area contributed by atoms with Crippen LogP contribution in [0.4, 0.5) is 10.7 Å². The van der Waals surface area contributed by atoms with E-state index in [2.05, 4.69) is 5.32 Å². The first kappa shape index (κ1) is 18.3. The molecule has 2 amide bonds. The van der Waals surface area contributed by atoms with E-state index in [0.717, 1.165) is 29.7 Å². The van der Waals surface area contributed by atoms with Crippen LogP contribution in [0.1, 0.15) is 37.8 Å². The smallest absolute Gasteiger partial charge is 0.291 e. The Morgan fingerprint density at radius 1 is 1.25 bits per heavy atom. The van der Waals surface area contributed by atoms with Crippen LogP contribution in [0, 0.1) is 6.92 Å². The Hall–Kier alpha value is -3.06. The van der Waals surface area contributed by atoms with Crippen LogP contribution in [0.25, 0.3) is 0 Å². The number of methoxy groups -OCH3 is 1. The van der Waals surface area contributed by atoms with Crippen LogP contribution < -0.4 is 15.0 Å². The van der Waals surface area contributed by atoms with Gasteiger partial charge in [0.1, 0.15) is 5.75 Å². The van der Waals surface area contributed by atoms with E-state index in [1.54, 1.807) is 24.1 Å². The monoisotopic (exact) mass is 396 g/mol. The molecule has 0 unspecified atom stereocenters. The van der Waals surface area contributed by atoms with Crippen molar-refractivity contribution < 1.29 is 18.7 Å². The SMILES string of the molecule is COc1cccc2c1N(C(=O)c1sc(NC(=O)c3ccco3)cc1C)CCC2. The van der Waals surface area contributed by atoms with E-state index in [0.29, 0.717) is 22.2 Å². The third-order valence-corrected chi connectivity index (χ3v) is 5.88. The van der Waals surface area contributed by atoms with Gasteiger partial charge in [0.25, 0.3) is 11.8 Å². The third kappa shape index (κ3) is 3.29. The zero-order chi connectivity index (χ0) is 19.7. The summed E-state index contributed by atoms with van der Waals surface area (Å²) in [6, 6.07) is 10.9. The summed E-state index contributed by atoms with van der Waals surface area (Å²) >= 11 is 1.27.